The molecule has 0 saturated heterocycles. The highest BCUT2D eigenvalue weighted by molar-refractivity contribution is 9.10. The van der Waals surface area contributed by atoms with Gasteiger partial charge in [-0.15, -0.1) is 0 Å². The van der Waals surface area contributed by atoms with E-state index in [1.165, 1.54) is 0 Å². The molecule has 0 unspecified atom stereocenters. The predicted molar refractivity (Wildman–Crippen MR) is 73.0 cm³/mol. The Labute approximate surface area is 112 Å². The summed E-state index contributed by atoms with van der Waals surface area (Å²) in [6.45, 7) is 1.76. The van der Waals surface area contributed by atoms with Crippen LogP contribution in [0.2, 0.25) is 0 Å². The van der Waals surface area contributed by atoms with Crippen LogP contribution < -0.4 is 0 Å². The van der Waals surface area contributed by atoms with Gasteiger partial charge in [-0.05, 0) is 57.7 Å². The first-order valence-electron chi connectivity index (χ1n) is 5.54. The zero-order valence-electron chi connectivity index (χ0n) is 9.69. The van der Waals surface area contributed by atoms with Crippen molar-refractivity contribution in [1.82, 2.24) is 9.38 Å². The van der Waals surface area contributed by atoms with Gasteiger partial charge in [0.05, 0.1) is 6.20 Å². The fraction of sp³-hybridized carbons (Fsp3) is 0.0714. The maximum absolute atomic E-state index is 13.6. The smallest absolute Gasteiger partial charge is 0.137 e. The number of nitrogens with zero attached hydrogens (tertiary/aromatic N) is 2. The largest absolute Gasteiger partial charge is 0.294 e. The second-order valence-corrected chi connectivity index (χ2v) is 5.00. The number of hydrogen-bond acceptors (Lipinski definition) is 1. The third-order valence-electron chi connectivity index (χ3n) is 2.97. The maximum atomic E-state index is 13.6. The molecule has 0 N–H and O–H groups in total. The Bertz CT molecular complexity index is 734. The van der Waals surface area contributed by atoms with E-state index in [-0.39, 0.29) is 5.82 Å². The number of pyridine rings is 1. The molecule has 0 aliphatic carbocycles. The zero-order chi connectivity index (χ0) is 12.7. The van der Waals surface area contributed by atoms with Crippen molar-refractivity contribution in [2.45, 2.75) is 6.92 Å². The van der Waals surface area contributed by atoms with Gasteiger partial charge in [0.2, 0.25) is 0 Å². The van der Waals surface area contributed by atoms with Gasteiger partial charge in [-0.3, -0.25) is 4.40 Å². The summed E-state index contributed by atoms with van der Waals surface area (Å²) in [5.41, 5.74) is 3.34. The van der Waals surface area contributed by atoms with Gasteiger partial charge in [0.15, 0.2) is 0 Å². The molecule has 0 aliphatic heterocycles. The van der Waals surface area contributed by atoms with E-state index >= 15 is 0 Å². The highest BCUT2D eigenvalue weighted by Gasteiger charge is 2.05. The van der Waals surface area contributed by atoms with Gasteiger partial charge in [0.25, 0.3) is 0 Å². The summed E-state index contributed by atoms with van der Waals surface area (Å²) < 4.78 is 16.4. The number of hydrogen-bond donors (Lipinski definition) is 0. The van der Waals surface area contributed by atoms with Crippen LogP contribution in [0.25, 0.3) is 16.8 Å². The molecule has 18 heavy (non-hydrogen) atoms. The van der Waals surface area contributed by atoms with E-state index in [1.54, 1.807) is 25.3 Å². The van der Waals surface area contributed by atoms with Crippen molar-refractivity contribution in [1.29, 1.82) is 0 Å². The normalized spacial score (nSPS) is 11.1. The Hall–Kier alpha value is -1.68. The number of rotatable bonds is 1. The molecule has 2 heterocycles. The van der Waals surface area contributed by atoms with Crippen LogP contribution >= 0.6 is 15.9 Å². The number of benzene rings is 1. The monoisotopic (exact) mass is 304 g/mol. The van der Waals surface area contributed by atoms with Gasteiger partial charge >= 0.3 is 0 Å². The third kappa shape index (κ3) is 1.82. The van der Waals surface area contributed by atoms with Crippen LogP contribution in [-0.2, 0) is 0 Å². The number of imidazole rings is 1. The standard InChI is InChI=1S/C14H10BrFN2/c1-9-2-3-10(6-12(9)16)11-4-5-14-17-7-13(15)18(14)8-11/h2-8H,1H3. The third-order valence-corrected chi connectivity index (χ3v) is 3.55. The SMILES string of the molecule is Cc1ccc(-c2ccc3ncc(Br)n3c2)cc1F. The molecule has 0 bridgehead atoms. The molecule has 3 aromatic rings. The number of aryl methyl sites for hydroxylation is 1. The van der Waals surface area contributed by atoms with E-state index < -0.39 is 0 Å². The van der Waals surface area contributed by atoms with Gasteiger partial charge in [0.1, 0.15) is 16.1 Å². The average Bonchev–Trinajstić information content (AvgIpc) is 2.74. The first-order valence-corrected chi connectivity index (χ1v) is 6.33. The van der Waals surface area contributed by atoms with Gasteiger partial charge in [-0.25, -0.2) is 9.37 Å². The summed E-state index contributed by atoms with van der Waals surface area (Å²) in [6.07, 6.45) is 3.69. The topological polar surface area (TPSA) is 17.3 Å². The van der Waals surface area contributed by atoms with Crippen LogP contribution in [0.3, 0.4) is 0 Å². The van der Waals surface area contributed by atoms with E-state index in [2.05, 4.69) is 20.9 Å². The summed E-state index contributed by atoms with van der Waals surface area (Å²) in [6, 6.07) is 9.13. The molecule has 2 aromatic heterocycles. The van der Waals surface area contributed by atoms with Crippen molar-refractivity contribution >= 4 is 21.6 Å². The second kappa shape index (κ2) is 4.21. The van der Waals surface area contributed by atoms with Crippen molar-refractivity contribution in [3.63, 3.8) is 0 Å². The van der Waals surface area contributed by atoms with Crippen molar-refractivity contribution < 1.29 is 4.39 Å². The van der Waals surface area contributed by atoms with E-state index in [0.29, 0.717) is 5.56 Å². The Morgan fingerprint density at radius 1 is 1.17 bits per heavy atom. The molecule has 2 nitrogen and oxygen atoms in total. The van der Waals surface area contributed by atoms with Crippen LogP contribution in [-0.4, -0.2) is 9.38 Å². The van der Waals surface area contributed by atoms with Crippen LogP contribution in [0, 0.1) is 12.7 Å². The predicted octanol–water partition coefficient (Wildman–Crippen LogP) is 4.21. The van der Waals surface area contributed by atoms with Crippen LogP contribution in [0.1, 0.15) is 5.56 Å². The minimum atomic E-state index is -0.183. The van der Waals surface area contributed by atoms with Crippen molar-refractivity contribution in [3.05, 3.63) is 58.7 Å². The van der Waals surface area contributed by atoms with Crippen LogP contribution in [0.4, 0.5) is 4.39 Å². The van der Waals surface area contributed by atoms with Crippen molar-refractivity contribution in [3.8, 4) is 11.1 Å². The van der Waals surface area contributed by atoms with Crippen LogP contribution in [0.5, 0.6) is 0 Å². The highest BCUT2D eigenvalue weighted by atomic mass is 79.9. The Kier molecular flexibility index (Phi) is 2.67. The van der Waals surface area contributed by atoms with Gasteiger partial charge in [-0.2, -0.15) is 0 Å². The van der Waals surface area contributed by atoms with Crippen LogP contribution in [0.15, 0.2) is 47.3 Å². The molecule has 0 atom stereocenters. The van der Waals surface area contributed by atoms with Gasteiger partial charge in [-0.1, -0.05) is 12.1 Å². The lowest BCUT2D eigenvalue weighted by Gasteiger charge is -2.05. The maximum Gasteiger partial charge on any atom is 0.137 e. The lowest BCUT2D eigenvalue weighted by Crippen LogP contribution is -1.89. The average molecular weight is 305 g/mol. The summed E-state index contributed by atoms with van der Waals surface area (Å²) in [7, 11) is 0. The summed E-state index contributed by atoms with van der Waals surface area (Å²) >= 11 is 3.43. The molecule has 4 heteroatoms. The quantitative estimate of drug-likeness (QED) is 0.658. The van der Waals surface area contributed by atoms with Crippen molar-refractivity contribution in [2.24, 2.45) is 0 Å². The molecule has 1 aromatic carbocycles. The minimum absolute atomic E-state index is 0.183. The zero-order valence-corrected chi connectivity index (χ0v) is 11.3. The molecule has 0 radical (unpaired) electrons. The van der Waals surface area contributed by atoms with Gasteiger partial charge in [0, 0.05) is 6.20 Å². The fourth-order valence-corrected chi connectivity index (χ4v) is 2.28. The van der Waals surface area contributed by atoms with Crippen molar-refractivity contribution in [2.75, 3.05) is 0 Å². The molecule has 0 fully saturated rings. The first-order chi connectivity index (χ1) is 8.65. The molecule has 0 aliphatic rings. The molecular weight excluding hydrogens is 295 g/mol. The molecular formula is C14H10BrFN2. The minimum Gasteiger partial charge on any atom is -0.294 e. The molecule has 0 spiro atoms. The second-order valence-electron chi connectivity index (χ2n) is 4.19. The summed E-state index contributed by atoms with van der Waals surface area (Å²) in [5, 5.41) is 0. The van der Waals surface area contributed by atoms with E-state index in [4.69, 9.17) is 0 Å². The lowest BCUT2D eigenvalue weighted by atomic mass is 10.1. The number of aromatic nitrogens is 2. The summed E-state index contributed by atoms with van der Waals surface area (Å²) in [5.74, 6) is -0.183. The number of fused-ring (bicyclic) bond motifs is 1. The Balaban J connectivity index is 2.18. The van der Waals surface area contributed by atoms with E-state index in [0.717, 1.165) is 21.4 Å². The molecule has 90 valence electrons. The molecule has 0 amide bonds. The van der Waals surface area contributed by atoms with Gasteiger partial charge < -0.3 is 0 Å². The fourth-order valence-electron chi connectivity index (χ4n) is 1.89. The summed E-state index contributed by atoms with van der Waals surface area (Å²) in [4.78, 5) is 4.23. The van der Waals surface area contributed by atoms with E-state index in [9.17, 15) is 4.39 Å². The Morgan fingerprint density at radius 3 is 2.72 bits per heavy atom. The lowest BCUT2D eigenvalue weighted by molar-refractivity contribution is 0.619. The Morgan fingerprint density at radius 2 is 1.94 bits per heavy atom. The van der Waals surface area contributed by atoms with E-state index in [1.807, 2.05) is 28.8 Å². The highest BCUT2D eigenvalue weighted by Crippen LogP contribution is 2.24. The first kappa shape index (κ1) is 11.4. The number of halogens is 2. The molecule has 0 saturated carbocycles. The molecule has 3 rings (SSSR count).